The van der Waals surface area contributed by atoms with Gasteiger partial charge in [0.25, 0.3) is 0 Å². The zero-order valence-corrected chi connectivity index (χ0v) is 8.59. The lowest BCUT2D eigenvalue weighted by atomic mass is 10.1. The normalized spacial score (nSPS) is 26.3. The topological polar surface area (TPSA) is 38.4 Å². The quantitative estimate of drug-likeness (QED) is 0.772. The summed E-state index contributed by atoms with van der Waals surface area (Å²) in [6.45, 7) is 1.99. The summed E-state index contributed by atoms with van der Waals surface area (Å²) in [5, 5.41) is 0.748. The second kappa shape index (κ2) is 3.61. The van der Waals surface area contributed by atoms with Gasteiger partial charge >= 0.3 is 0 Å². The molecular weight excluding hydrogens is 199 g/mol. The first-order chi connectivity index (χ1) is 6.66. The van der Waals surface area contributed by atoms with Crippen molar-refractivity contribution in [2.45, 2.75) is 18.2 Å². The molecule has 0 saturated heterocycles. The Morgan fingerprint density at radius 3 is 2.86 bits per heavy atom. The molecule has 1 aliphatic heterocycles. The summed E-state index contributed by atoms with van der Waals surface area (Å²) in [5.74, 6) is -0.208. The summed E-state index contributed by atoms with van der Waals surface area (Å²) in [4.78, 5) is 4.21. The Morgan fingerprint density at radius 1 is 1.50 bits per heavy atom. The highest BCUT2D eigenvalue weighted by Crippen LogP contribution is 2.38. The van der Waals surface area contributed by atoms with Crippen LogP contribution < -0.4 is 5.73 Å². The van der Waals surface area contributed by atoms with Gasteiger partial charge in [-0.1, -0.05) is 23.9 Å². The van der Waals surface area contributed by atoms with Crippen LogP contribution in [0, 0.1) is 5.82 Å². The fourth-order valence-corrected chi connectivity index (χ4v) is 2.59. The summed E-state index contributed by atoms with van der Waals surface area (Å²) in [6.07, 6.45) is 0. The lowest BCUT2D eigenvalue weighted by Gasteiger charge is -2.12. The zero-order chi connectivity index (χ0) is 10.1. The molecule has 0 aliphatic carbocycles. The number of hydrogen-bond acceptors (Lipinski definition) is 3. The van der Waals surface area contributed by atoms with E-state index in [9.17, 15) is 4.39 Å². The second-order valence-corrected chi connectivity index (χ2v) is 4.46. The van der Waals surface area contributed by atoms with Gasteiger partial charge in [0.05, 0.1) is 11.3 Å². The molecule has 0 fully saturated rings. The highest BCUT2D eigenvalue weighted by molar-refractivity contribution is 8.14. The minimum Gasteiger partial charge on any atom is -0.379 e. The Hall–Kier alpha value is -1.03. The highest BCUT2D eigenvalue weighted by atomic mass is 32.2. The van der Waals surface area contributed by atoms with Crippen molar-refractivity contribution >= 4 is 16.9 Å². The van der Waals surface area contributed by atoms with Gasteiger partial charge in [-0.3, -0.25) is 4.99 Å². The molecule has 2 atom stereocenters. The molecule has 4 heteroatoms. The SMILES string of the molecule is C[C@H]1N=C(N)SC1c1cccc(F)c1. The first kappa shape index (κ1) is 9.52. The van der Waals surface area contributed by atoms with E-state index >= 15 is 0 Å². The maximum Gasteiger partial charge on any atom is 0.154 e. The van der Waals surface area contributed by atoms with E-state index in [0.29, 0.717) is 5.17 Å². The fourth-order valence-electron chi connectivity index (χ4n) is 1.56. The number of benzene rings is 1. The summed E-state index contributed by atoms with van der Waals surface area (Å²) in [7, 11) is 0. The van der Waals surface area contributed by atoms with Crippen LogP contribution in [0.3, 0.4) is 0 Å². The van der Waals surface area contributed by atoms with Crippen molar-refractivity contribution in [3.05, 3.63) is 35.6 Å². The van der Waals surface area contributed by atoms with Gasteiger partial charge in [0, 0.05) is 0 Å². The van der Waals surface area contributed by atoms with E-state index < -0.39 is 0 Å². The van der Waals surface area contributed by atoms with Crippen LogP contribution in [0.15, 0.2) is 29.3 Å². The molecule has 2 rings (SSSR count). The average molecular weight is 210 g/mol. The molecule has 0 amide bonds. The number of hydrogen-bond donors (Lipinski definition) is 1. The molecule has 1 heterocycles. The molecule has 2 N–H and O–H groups in total. The molecule has 0 spiro atoms. The predicted octanol–water partition coefficient (Wildman–Crippen LogP) is 2.32. The van der Waals surface area contributed by atoms with Gasteiger partial charge in [0.15, 0.2) is 5.17 Å². The van der Waals surface area contributed by atoms with Crippen LogP contribution >= 0.6 is 11.8 Å². The average Bonchev–Trinajstić information content (AvgIpc) is 2.45. The summed E-state index contributed by atoms with van der Waals surface area (Å²) in [5.41, 5.74) is 6.56. The number of thioether (sulfide) groups is 1. The third-order valence-electron chi connectivity index (χ3n) is 2.19. The molecule has 0 radical (unpaired) electrons. The Morgan fingerprint density at radius 2 is 2.29 bits per heavy atom. The Bertz CT molecular complexity index is 378. The fraction of sp³-hybridized carbons (Fsp3) is 0.300. The van der Waals surface area contributed by atoms with Crippen molar-refractivity contribution in [3.63, 3.8) is 0 Å². The monoisotopic (exact) mass is 210 g/mol. The maximum atomic E-state index is 13.0. The van der Waals surface area contributed by atoms with Gasteiger partial charge in [-0.15, -0.1) is 0 Å². The number of amidine groups is 1. The van der Waals surface area contributed by atoms with Crippen molar-refractivity contribution < 1.29 is 4.39 Å². The van der Waals surface area contributed by atoms with Crippen LogP contribution in [0.2, 0.25) is 0 Å². The van der Waals surface area contributed by atoms with E-state index in [-0.39, 0.29) is 17.1 Å². The molecule has 0 aromatic heterocycles. The van der Waals surface area contributed by atoms with Crippen molar-refractivity contribution in [2.24, 2.45) is 10.7 Å². The zero-order valence-electron chi connectivity index (χ0n) is 7.77. The van der Waals surface area contributed by atoms with Crippen LogP contribution in [-0.2, 0) is 0 Å². The Labute approximate surface area is 86.4 Å². The van der Waals surface area contributed by atoms with E-state index in [1.54, 1.807) is 12.1 Å². The Balaban J connectivity index is 2.25. The van der Waals surface area contributed by atoms with Crippen molar-refractivity contribution in [1.29, 1.82) is 0 Å². The van der Waals surface area contributed by atoms with Gasteiger partial charge in [-0.25, -0.2) is 4.39 Å². The van der Waals surface area contributed by atoms with E-state index in [4.69, 9.17) is 5.73 Å². The summed E-state index contributed by atoms with van der Waals surface area (Å²) >= 11 is 1.50. The van der Waals surface area contributed by atoms with Crippen LogP contribution in [0.1, 0.15) is 17.7 Å². The first-order valence-electron chi connectivity index (χ1n) is 4.42. The molecule has 1 aliphatic rings. The standard InChI is InChI=1S/C10H11FN2S/c1-6-9(14-10(12)13-6)7-3-2-4-8(11)5-7/h2-6,9H,1H3,(H2,12,13)/t6-,9?/m1/s1. The molecule has 74 valence electrons. The molecule has 0 bridgehead atoms. The number of halogens is 1. The minimum atomic E-state index is -0.208. The van der Waals surface area contributed by atoms with Gasteiger partial charge < -0.3 is 5.73 Å². The Kier molecular flexibility index (Phi) is 2.46. The van der Waals surface area contributed by atoms with E-state index in [1.807, 2.05) is 13.0 Å². The van der Waals surface area contributed by atoms with Crippen LogP contribution in [0.25, 0.3) is 0 Å². The van der Waals surface area contributed by atoms with Crippen molar-refractivity contribution in [1.82, 2.24) is 0 Å². The first-order valence-corrected chi connectivity index (χ1v) is 5.30. The number of nitrogens with zero attached hydrogens (tertiary/aromatic N) is 1. The highest BCUT2D eigenvalue weighted by Gasteiger charge is 2.26. The third kappa shape index (κ3) is 1.75. The predicted molar refractivity (Wildman–Crippen MR) is 57.8 cm³/mol. The smallest absolute Gasteiger partial charge is 0.154 e. The molecule has 1 unspecified atom stereocenters. The van der Waals surface area contributed by atoms with Gasteiger partial charge in [-0.2, -0.15) is 0 Å². The summed E-state index contributed by atoms with van der Waals surface area (Å²) < 4.78 is 13.0. The minimum absolute atomic E-state index is 0.127. The molecule has 1 aromatic carbocycles. The van der Waals surface area contributed by atoms with Gasteiger partial charge in [-0.05, 0) is 24.6 Å². The van der Waals surface area contributed by atoms with E-state index in [2.05, 4.69) is 4.99 Å². The van der Waals surface area contributed by atoms with Crippen molar-refractivity contribution in [2.75, 3.05) is 0 Å². The second-order valence-electron chi connectivity index (χ2n) is 3.30. The molecule has 14 heavy (non-hydrogen) atoms. The van der Waals surface area contributed by atoms with Crippen LogP contribution in [0.4, 0.5) is 4.39 Å². The summed E-state index contributed by atoms with van der Waals surface area (Å²) in [6, 6.07) is 6.74. The van der Waals surface area contributed by atoms with Crippen molar-refractivity contribution in [3.8, 4) is 0 Å². The lowest BCUT2D eigenvalue weighted by molar-refractivity contribution is 0.622. The molecule has 0 saturated carbocycles. The van der Waals surface area contributed by atoms with E-state index in [0.717, 1.165) is 5.56 Å². The van der Waals surface area contributed by atoms with Gasteiger partial charge in [0.1, 0.15) is 5.82 Å². The largest absolute Gasteiger partial charge is 0.379 e. The van der Waals surface area contributed by atoms with E-state index in [1.165, 1.54) is 17.8 Å². The third-order valence-corrected chi connectivity index (χ3v) is 3.46. The molecule has 2 nitrogen and oxygen atoms in total. The number of aliphatic imine (C=N–C) groups is 1. The lowest BCUT2D eigenvalue weighted by Crippen LogP contribution is -2.05. The van der Waals surface area contributed by atoms with Crippen LogP contribution in [0.5, 0.6) is 0 Å². The molecule has 1 aromatic rings. The maximum absolute atomic E-state index is 13.0. The number of nitrogens with two attached hydrogens (primary N) is 1. The molecular formula is C10H11FN2S. The van der Waals surface area contributed by atoms with Gasteiger partial charge in [0.2, 0.25) is 0 Å². The number of rotatable bonds is 1. The van der Waals surface area contributed by atoms with Crippen LogP contribution in [-0.4, -0.2) is 11.2 Å².